The normalized spacial score (nSPS) is 16.6. The molecule has 0 aliphatic carbocycles. The van der Waals surface area contributed by atoms with E-state index in [0.717, 1.165) is 17.7 Å². The summed E-state index contributed by atoms with van der Waals surface area (Å²) in [5.74, 6) is 0.227. The number of hydrogen-bond acceptors (Lipinski definition) is 4. The number of benzene rings is 1. The number of amides is 1. The Morgan fingerprint density at radius 2 is 2.12 bits per heavy atom. The average Bonchev–Trinajstić information content (AvgIpc) is 3.26. The summed E-state index contributed by atoms with van der Waals surface area (Å²) in [5, 5.41) is 4.85. The SMILES string of the molecule is CCCN(CC1CC(c2ccc(Cl)cc2)=NO1)C(=O)c1ccco1. The maximum absolute atomic E-state index is 12.5. The molecule has 24 heavy (non-hydrogen) atoms. The molecule has 0 N–H and O–H groups in total. The Labute approximate surface area is 145 Å². The van der Waals surface area contributed by atoms with Crippen molar-refractivity contribution in [2.75, 3.05) is 13.1 Å². The van der Waals surface area contributed by atoms with Crippen LogP contribution in [0.4, 0.5) is 0 Å². The topological polar surface area (TPSA) is 55.0 Å². The summed E-state index contributed by atoms with van der Waals surface area (Å²) in [7, 11) is 0. The molecule has 5 nitrogen and oxygen atoms in total. The van der Waals surface area contributed by atoms with Gasteiger partial charge in [-0.3, -0.25) is 4.79 Å². The molecule has 1 aromatic heterocycles. The number of nitrogens with zero attached hydrogens (tertiary/aromatic N) is 2. The van der Waals surface area contributed by atoms with E-state index in [4.69, 9.17) is 20.9 Å². The van der Waals surface area contributed by atoms with Crippen LogP contribution in [-0.2, 0) is 4.84 Å². The largest absolute Gasteiger partial charge is 0.459 e. The predicted molar refractivity (Wildman–Crippen MR) is 92.4 cm³/mol. The standard InChI is InChI=1S/C18H19ClN2O3/c1-2-9-21(18(22)17-4-3-10-23-17)12-15-11-16(20-24-15)13-5-7-14(19)8-6-13/h3-8,10,15H,2,9,11-12H2,1H3. The summed E-state index contributed by atoms with van der Waals surface area (Å²) < 4.78 is 5.22. The van der Waals surface area contributed by atoms with Gasteiger partial charge in [0.2, 0.25) is 0 Å². The van der Waals surface area contributed by atoms with E-state index >= 15 is 0 Å². The third-order valence-electron chi connectivity index (χ3n) is 3.85. The summed E-state index contributed by atoms with van der Waals surface area (Å²) in [6, 6.07) is 10.9. The molecule has 0 fully saturated rings. The number of furan rings is 1. The van der Waals surface area contributed by atoms with E-state index in [1.807, 2.05) is 31.2 Å². The predicted octanol–water partition coefficient (Wildman–Crippen LogP) is 3.98. The molecule has 0 saturated heterocycles. The van der Waals surface area contributed by atoms with Crippen LogP contribution in [0.3, 0.4) is 0 Å². The fourth-order valence-electron chi connectivity index (χ4n) is 2.69. The molecule has 1 unspecified atom stereocenters. The van der Waals surface area contributed by atoms with Crippen molar-refractivity contribution >= 4 is 23.2 Å². The van der Waals surface area contributed by atoms with Gasteiger partial charge >= 0.3 is 0 Å². The summed E-state index contributed by atoms with van der Waals surface area (Å²) in [6.07, 6.45) is 2.88. The molecule has 0 bridgehead atoms. The van der Waals surface area contributed by atoms with E-state index in [1.165, 1.54) is 6.26 Å². The van der Waals surface area contributed by atoms with Gasteiger partial charge in [0, 0.05) is 18.0 Å². The molecule has 1 atom stereocenters. The van der Waals surface area contributed by atoms with Crippen LogP contribution in [0.15, 0.2) is 52.2 Å². The number of hydrogen-bond donors (Lipinski definition) is 0. The monoisotopic (exact) mass is 346 g/mol. The fraction of sp³-hybridized carbons (Fsp3) is 0.333. The van der Waals surface area contributed by atoms with Crippen molar-refractivity contribution in [1.82, 2.24) is 4.90 Å². The fourth-order valence-corrected chi connectivity index (χ4v) is 2.81. The molecular weight excluding hydrogens is 328 g/mol. The highest BCUT2D eigenvalue weighted by Gasteiger charge is 2.27. The van der Waals surface area contributed by atoms with Crippen molar-refractivity contribution < 1.29 is 14.0 Å². The van der Waals surface area contributed by atoms with Gasteiger partial charge in [0.15, 0.2) is 11.9 Å². The smallest absolute Gasteiger partial charge is 0.289 e. The third kappa shape index (κ3) is 3.79. The first-order valence-electron chi connectivity index (χ1n) is 7.98. The third-order valence-corrected chi connectivity index (χ3v) is 4.10. The van der Waals surface area contributed by atoms with Crippen molar-refractivity contribution in [2.24, 2.45) is 5.16 Å². The summed E-state index contributed by atoms with van der Waals surface area (Å²) >= 11 is 5.91. The molecule has 1 aromatic carbocycles. The quantitative estimate of drug-likeness (QED) is 0.795. The van der Waals surface area contributed by atoms with Gasteiger partial charge in [0.05, 0.1) is 18.5 Å². The Morgan fingerprint density at radius 1 is 1.33 bits per heavy atom. The van der Waals surface area contributed by atoms with Gasteiger partial charge in [0.25, 0.3) is 5.91 Å². The molecule has 1 aliphatic heterocycles. The number of rotatable bonds is 6. The van der Waals surface area contributed by atoms with E-state index in [2.05, 4.69) is 5.16 Å². The Hall–Kier alpha value is -2.27. The van der Waals surface area contributed by atoms with E-state index in [1.54, 1.807) is 17.0 Å². The first kappa shape index (κ1) is 16.6. The molecule has 6 heteroatoms. The molecule has 0 spiro atoms. The first-order valence-corrected chi connectivity index (χ1v) is 8.36. The van der Waals surface area contributed by atoms with Crippen LogP contribution in [0.5, 0.6) is 0 Å². The van der Waals surface area contributed by atoms with E-state index in [-0.39, 0.29) is 12.0 Å². The van der Waals surface area contributed by atoms with Gasteiger partial charge < -0.3 is 14.2 Å². The Balaban J connectivity index is 1.63. The number of oxime groups is 1. The molecule has 1 aliphatic rings. The van der Waals surface area contributed by atoms with Crippen molar-refractivity contribution in [3.63, 3.8) is 0 Å². The summed E-state index contributed by atoms with van der Waals surface area (Å²) in [4.78, 5) is 19.8. The molecular formula is C18H19ClN2O3. The van der Waals surface area contributed by atoms with Crippen molar-refractivity contribution in [2.45, 2.75) is 25.9 Å². The maximum Gasteiger partial charge on any atom is 0.289 e. The van der Waals surface area contributed by atoms with Gasteiger partial charge in [-0.25, -0.2) is 0 Å². The van der Waals surface area contributed by atoms with Gasteiger partial charge in [-0.15, -0.1) is 0 Å². The number of carbonyl (C=O) groups excluding carboxylic acids is 1. The average molecular weight is 347 g/mol. The van der Waals surface area contributed by atoms with E-state index in [9.17, 15) is 4.79 Å². The summed E-state index contributed by atoms with van der Waals surface area (Å²) in [6.45, 7) is 3.16. The van der Waals surface area contributed by atoms with Crippen LogP contribution >= 0.6 is 11.6 Å². The van der Waals surface area contributed by atoms with Crippen LogP contribution < -0.4 is 0 Å². The second kappa shape index (κ2) is 7.53. The van der Waals surface area contributed by atoms with Crippen molar-refractivity contribution in [1.29, 1.82) is 0 Å². The highest BCUT2D eigenvalue weighted by Crippen LogP contribution is 2.20. The second-order valence-corrected chi connectivity index (χ2v) is 6.14. The van der Waals surface area contributed by atoms with Crippen LogP contribution in [0, 0.1) is 0 Å². The van der Waals surface area contributed by atoms with Crippen LogP contribution in [0.25, 0.3) is 0 Å². The summed E-state index contributed by atoms with van der Waals surface area (Å²) in [5.41, 5.74) is 1.86. The molecule has 126 valence electrons. The molecule has 3 rings (SSSR count). The van der Waals surface area contributed by atoms with Crippen LogP contribution in [0.1, 0.15) is 35.9 Å². The lowest BCUT2D eigenvalue weighted by Crippen LogP contribution is -2.38. The van der Waals surface area contributed by atoms with Crippen LogP contribution in [0.2, 0.25) is 5.02 Å². The molecule has 2 aromatic rings. The second-order valence-electron chi connectivity index (χ2n) is 5.70. The minimum atomic E-state index is -0.152. The molecule has 2 heterocycles. The highest BCUT2D eigenvalue weighted by atomic mass is 35.5. The van der Waals surface area contributed by atoms with Crippen molar-refractivity contribution in [3.8, 4) is 0 Å². The van der Waals surface area contributed by atoms with Crippen molar-refractivity contribution in [3.05, 3.63) is 59.0 Å². The highest BCUT2D eigenvalue weighted by molar-refractivity contribution is 6.30. The number of carbonyl (C=O) groups is 1. The maximum atomic E-state index is 12.5. The molecule has 0 radical (unpaired) electrons. The zero-order chi connectivity index (χ0) is 16.9. The number of halogens is 1. The zero-order valence-electron chi connectivity index (χ0n) is 13.4. The Morgan fingerprint density at radius 3 is 2.79 bits per heavy atom. The lowest BCUT2D eigenvalue weighted by atomic mass is 10.0. The molecule has 1 amide bonds. The van der Waals surface area contributed by atoms with Gasteiger partial charge in [-0.05, 0) is 36.2 Å². The Kier molecular flexibility index (Phi) is 5.20. The van der Waals surface area contributed by atoms with E-state index < -0.39 is 0 Å². The van der Waals surface area contributed by atoms with E-state index in [0.29, 0.717) is 30.3 Å². The Bertz CT molecular complexity index is 710. The lowest BCUT2D eigenvalue weighted by molar-refractivity contribution is 0.0405. The van der Waals surface area contributed by atoms with Crippen LogP contribution in [-0.4, -0.2) is 35.7 Å². The zero-order valence-corrected chi connectivity index (χ0v) is 14.2. The van der Waals surface area contributed by atoms with Gasteiger partial charge in [-0.2, -0.15) is 0 Å². The molecule has 0 saturated carbocycles. The minimum absolute atomic E-state index is 0.120. The van der Waals surface area contributed by atoms with Gasteiger partial charge in [0.1, 0.15) is 0 Å². The first-order chi connectivity index (χ1) is 11.7. The lowest BCUT2D eigenvalue weighted by Gasteiger charge is -2.23. The minimum Gasteiger partial charge on any atom is -0.459 e. The van der Waals surface area contributed by atoms with Gasteiger partial charge in [-0.1, -0.05) is 35.8 Å².